The second-order valence-corrected chi connectivity index (χ2v) is 5.88. The molecule has 4 nitrogen and oxygen atoms in total. The lowest BCUT2D eigenvalue weighted by Gasteiger charge is -2.36. The van der Waals surface area contributed by atoms with Crippen molar-refractivity contribution in [1.29, 1.82) is 0 Å². The van der Waals surface area contributed by atoms with Crippen molar-refractivity contribution in [3.63, 3.8) is 0 Å². The zero-order valence-electron chi connectivity index (χ0n) is 12.9. The highest BCUT2D eigenvalue weighted by atomic mass is 16.2. The van der Waals surface area contributed by atoms with E-state index in [1.807, 2.05) is 24.8 Å². The summed E-state index contributed by atoms with van der Waals surface area (Å²) in [7, 11) is 0. The summed E-state index contributed by atoms with van der Waals surface area (Å²) in [5, 5.41) is 3.27. The van der Waals surface area contributed by atoms with Crippen LogP contribution in [0.3, 0.4) is 0 Å². The fraction of sp³-hybridized carbons (Fsp3) is 0.625. The minimum absolute atomic E-state index is 0.104. The van der Waals surface area contributed by atoms with E-state index in [4.69, 9.17) is 0 Å². The molecular formula is C16H25N3O. The third-order valence-electron chi connectivity index (χ3n) is 4.04. The Hall–Kier alpha value is -1.58. The van der Waals surface area contributed by atoms with Gasteiger partial charge in [-0.05, 0) is 45.6 Å². The molecule has 2 rings (SSSR count). The summed E-state index contributed by atoms with van der Waals surface area (Å²) in [5.74, 6) is 0.811. The van der Waals surface area contributed by atoms with Crippen molar-refractivity contribution < 1.29 is 4.79 Å². The van der Waals surface area contributed by atoms with Crippen LogP contribution in [-0.2, 0) is 0 Å². The van der Waals surface area contributed by atoms with Gasteiger partial charge in [-0.3, -0.25) is 9.78 Å². The number of likely N-dealkylation sites (tertiary alicyclic amines) is 1. The zero-order valence-corrected chi connectivity index (χ0v) is 12.9. The van der Waals surface area contributed by atoms with Crippen LogP contribution < -0.4 is 5.32 Å². The van der Waals surface area contributed by atoms with Crippen LogP contribution in [0, 0.1) is 12.8 Å². The van der Waals surface area contributed by atoms with Crippen LogP contribution in [0.15, 0.2) is 12.3 Å². The molecule has 1 aromatic rings. The first kappa shape index (κ1) is 14.8. The highest BCUT2D eigenvalue weighted by Gasteiger charge is 2.28. The van der Waals surface area contributed by atoms with Gasteiger partial charge in [0.05, 0.1) is 11.3 Å². The summed E-state index contributed by atoms with van der Waals surface area (Å²) in [6, 6.07) is 2.26. The van der Waals surface area contributed by atoms with E-state index in [1.165, 1.54) is 0 Å². The Kier molecular flexibility index (Phi) is 4.63. The second kappa shape index (κ2) is 6.25. The Labute approximate surface area is 121 Å². The topological polar surface area (TPSA) is 45.2 Å². The van der Waals surface area contributed by atoms with Gasteiger partial charge in [-0.25, -0.2) is 0 Å². The number of pyridine rings is 1. The van der Waals surface area contributed by atoms with Crippen LogP contribution in [0.2, 0.25) is 0 Å². The van der Waals surface area contributed by atoms with E-state index < -0.39 is 0 Å². The van der Waals surface area contributed by atoms with Gasteiger partial charge >= 0.3 is 0 Å². The summed E-state index contributed by atoms with van der Waals surface area (Å²) in [5.41, 5.74) is 2.52. The predicted octanol–water partition coefficient (Wildman–Crippen LogP) is 3.08. The largest absolute Gasteiger partial charge is 0.385 e. The van der Waals surface area contributed by atoms with Gasteiger partial charge in [-0.15, -0.1) is 0 Å². The fourth-order valence-corrected chi connectivity index (χ4v) is 2.93. The van der Waals surface area contributed by atoms with Crippen molar-refractivity contribution in [2.45, 2.75) is 46.6 Å². The van der Waals surface area contributed by atoms with Gasteiger partial charge in [0, 0.05) is 31.0 Å². The van der Waals surface area contributed by atoms with E-state index in [1.54, 1.807) is 6.20 Å². The number of nitrogens with zero attached hydrogens (tertiary/aromatic N) is 2. The van der Waals surface area contributed by atoms with E-state index in [0.29, 0.717) is 17.5 Å². The summed E-state index contributed by atoms with van der Waals surface area (Å²) < 4.78 is 0. The summed E-state index contributed by atoms with van der Waals surface area (Å²) in [6.07, 6.45) is 3.88. The van der Waals surface area contributed by atoms with Crippen molar-refractivity contribution in [3.8, 4) is 0 Å². The van der Waals surface area contributed by atoms with Crippen LogP contribution >= 0.6 is 0 Å². The van der Waals surface area contributed by atoms with Crippen LogP contribution in [0.1, 0.15) is 49.7 Å². The molecule has 2 heterocycles. The number of carbonyl (C=O) groups is 1. The maximum Gasteiger partial charge on any atom is 0.257 e. The number of amides is 1. The first-order valence-electron chi connectivity index (χ1n) is 7.54. The maximum absolute atomic E-state index is 12.8. The Balaban J connectivity index is 2.24. The number of piperidine rings is 1. The van der Waals surface area contributed by atoms with Gasteiger partial charge in [0.25, 0.3) is 5.91 Å². The molecule has 0 aromatic carbocycles. The molecule has 1 aliphatic heterocycles. The number of nitrogens with one attached hydrogen (secondary N) is 1. The van der Waals surface area contributed by atoms with Crippen molar-refractivity contribution in [1.82, 2.24) is 9.88 Å². The lowest BCUT2D eigenvalue weighted by molar-refractivity contribution is 0.0589. The molecule has 0 saturated carbocycles. The van der Waals surface area contributed by atoms with Crippen molar-refractivity contribution in [2.24, 2.45) is 5.92 Å². The van der Waals surface area contributed by atoms with Gasteiger partial charge in [0.2, 0.25) is 0 Å². The van der Waals surface area contributed by atoms with Gasteiger partial charge < -0.3 is 10.2 Å². The smallest absolute Gasteiger partial charge is 0.257 e. The van der Waals surface area contributed by atoms with Gasteiger partial charge in [0.1, 0.15) is 0 Å². The molecule has 1 amide bonds. The van der Waals surface area contributed by atoms with Crippen LogP contribution in [0.5, 0.6) is 0 Å². The SMILES string of the molecule is CCNc1cc(C)ncc1C(=O)N1CCC(C)CC1C. The van der Waals surface area contributed by atoms with E-state index in [2.05, 4.69) is 24.1 Å². The monoisotopic (exact) mass is 275 g/mol. The molecule has 1 N–H and O–H groups in total. The summed E-state index contributed by atoms with van der Waals surface area (Å²) in [4.78, 5) is 19.1. The normalized spacial score (nSPS) is 22.7. The average molecular weight is 275 g/mol. The minimum atomic E-state index is 0.104. The highest BCUT2D eigenvalue weighted by molar-refractivity contribution is 5.99. The Morgan fingerprint density at radius 2 is 2.25 bits per heavy atom. The first-order chi connectivity index (χ1) is 9.52. The third kappa shape index (κ3) is 3.11. The molecule has 2 atom stereocenters. The number of anilines is 1. The molecule has 0 aliphatic carbocycles. The number of rotatable bonds is 3. The zero-order chi connectivity index (χ0) is 14.7. The van der Waals surface area contributed by atoms with Crippen molar-refractivity contribution in [3.05, 3.63) is 23.5 Å². The Bertz CT molecular complexity index is 487. The molecule has 0 bridgehead atoms. The van der Waals surface area contributed by atoms with Crippen molar-refractivity contribution >= 4 is 11.6 Å². The Morgan fingerprint density at radius 3 is 2.90 bits per heavy atom. The quantitative estimate of drug-likeness (QED) is 0.922. The molecule has 1 aromatic heterocycles. The molecule has 110 valence electrons. The molecule has 0 spiro atoms. The van der Waals surface area contributed by atoms with Crippen molar-refractivity contribution in [2.75, 3.05) is 18.4 Å². The Morgan fingerprint density at radius 1 is 1.50 bits per heavy atom. The number of carbonyl (C=O) groups excluding carboxylic acids is 1. The molecule has 1 aliphatic rings. The van der Waals surface area contributed by atoms with Gasteiger partial charge in [-0.1, -0.05) is 6.92 Å². The first-order valence-corrected chi connectivity index (χ1v) is 7.54. The molecule has 2 unspecified atom stereocenters. The molecule has 1 saturated heterocycles. The van der Waals surface area contributed by atoms with Gasteiger partial charge in [0.15, 0.2) is 0 Å². The van der Waals surface area contributed by atoms with E-state index in [0.717, 1.165) is 37.3 Å². The molecule has 0 radical (unpaired) electrons. The molecular weight excluding hydrogens is 250 g/mol. The summed E-state index contributed by atoms with van der Waals surface area (Å²) >= 11 is 0. The molecule has 1 fully saturated rings. The number of hydrogen-bond acceptors (Lipinski definition) is 3. The van der Waals surface area contributed by atoms with Gasteiger partial charge in [-0.2, -0.15) is 0 Å². The third-order valence-corrected chi connectivity index (χ3v) is 4.04. The number of aromatic nitrogens is 1. The van der Waals surface area contributed by atoms with Crippen LogP contribution in [-0.4, -0.2) is 34.9 Å². The predicted molar refractivity (Wildman–Crippen MR) is 82.0 cm³/mol. The standard InChI is InChI=1S/C16H25N3O/c1-5-17-15-9-12(3)18-10-14(15)16(20)19-7-6-11(2)8-13(19)4/h9-11,13H,5-8H2,1-4H3,(H,17,18). The highest BCUT2D eigenvalue weighted by Crippen LogP contribution is 2.26. The second-order valence-electron chi connectivity index (χ2n) is 5.88. The minimum Gasteiger partial charge on any atom is -0.385 e. The number of aryl methyl sites for hydroxylation is 1. The van der Waals surface area contributed by atoms with E-state index in [-0.39, 0.29) is 5.91 Å². The summed E-state index contributed by atoms with van der Waals surface area (Å²) in [6.45, 7) is 10.0. The lowest BCUT2D eigenvalue weighted by atomic mass is 9.93. The van der Waals surface area contributed by atoms with E-state index in [9.17, 15) is 4.79 Å². The van der Waals surface area contributed by atoms with Crippen LogP contribution in [0.25, 0.3) is 0 Å². The lowest BCUT2D eigenvalue weighted by Crippen LogP contribution is -2.44. The average Bonchev–Trinajstić information content (AvgIpc) is 2.38. The molecule has 4 heteroatoms. The van der Waals surface area contributed by atoms with E-state index >= 15 is 0 Å². The number of hydrogen-bond donors (Lipinski definition) is 1. The maximum atomic E-state index is 12.8. The van der Waals surface area contributed by atoms with Crippen LogP contribution in [0.4, 0.5) is 5.69 Å². The fourth-order valence-electron chi connectivity index (χ4n) is 2.93. The molecule has 20 heavy (non-hydrogen) atoms.